The van der Waals surface area contributed by atoms with Crippen LogP contribution in [0.25, 0.3) is 0 Å². The second-order valence-corrected chi connectivity index (χ2v) is 8.83. The van der Waals surface area contributed by atoms with E-state index in [1.165, 1.54) is 5.56 Å². The Labute approximate surface area is 183 Å². The highest BCUT2D eigenvalue weighted by atomic mass is 35.5. The summed E-state index contributed by atoms with van der Waals surface area (Å²) in [6.45, 7) is 9.02. The van der Waals surface area contributed by atoms with Crippen LogP contribution in [0.2, 0.25) is 5.02 Å². The first-order chi connectivity index (χ1) is 14.4. The molecule has 0 atom stereocenters. The highest BCUT2D eigenvalue weighted by Gasteiger charge is 2.26. The molecule has 1 fully saturated rings. The van der Waals surface area contributed by atoms with Gasteiger partial charge in [-0.15, -0.1) is 0 Å². The Balaban J connectivity index is 1.42. The van der Waals surface area contributed by atoms with E-state index in [2.05, 4.69) is 18.7 Å². The average Bonchev–Trinajstić information content (AvgIpc) is 2.78. The molecule has 0 spiro atoms. The Hall–Kier alpha value is -2.37. The van der Waals surface area contributed by atoms with Crippen molar-refractivity contribution in [2.45, 2.75) is 32.9 Å². The number of benzene rings is 2. The number of hydrogen-bond acceptors (Lipinski definition) is 3. The molecular formula is C24H28ClN3O2. The molecule has 6 heteroatoms. The van der Waals surface area contributed by atoms with E-state index in [4.69, 9.17) is 11.6 Å². The lowest BCUT2D eigenvalue weighted by atomic mass is 9.96. The number of hydrogen-bond donors (Lipinski definition) is 0. The largest absolute Gasteiger partial charge is 0.336 e. The lowest BCUT2D eigenvalue weighted by Crippen LogP contribution is -2.50. The lowest BCUT2D eigenvalue weighted by molar-refractivity contribution is 0.0594. The van der Waals surface area contributed by atoms with Crippen LogP contribution in [0.4, 0.5) is 0 Å². The molecule has 2 aliphatic rings. The summed E-state index contributed by atoms with van der Waals surface area (Å²) in [6.07, 6.45) is 0.761. The summed E-state index contributed by atoms with van der Waals surface area (Å²) < 4.78 is 0. The first-order valence-electron chi connectivity index (χ1n) is 10.6. The Bertz CT molecular complexity index is 934. The molecule has 4 rings (SSSR count). The van der Waals surface area contributed by atoms with Crippen LogP contribution in [0.1, 0.15) is 45.7 Å². The molecule has 5 nitrogen and oxygen atoms in total. The van der Waals surface area contributed by atoms with Gasteiger partial charge in [0.1, 0.15) is 0 Å². The van der Waals surface area contributed by atoms with E-state index in [0.29, 0.717) is 29.7 Å². The summed E-state index contributed by atoms with van der Waals surface area (Å²) in [6, 6.07) is 13.5. The molecule has 2 aliphatic heterocycles. The zero-order chi connectivity index (χ0) is 21.3. The third-order valence-electron chi connectivity index (χ3n) is 6.18. The van der Waals surface area contributed by atoms with Crippen molar-refractivity contribution in [1.82, 2.24) is 14.7 Å². The molecule has 30 heavy (non-hydrogen) atoms. The van der Waals surface area contributed by atoms with Crippen molar-refractivity contribution in [1.29, 1.82) is 0 Å². The molecular weight excluding hydrogens is 398 g/mol. The lowest BCUT2D eigenvalue weighted by Gasteiger charge is -2.37. The molecule has 0 bridgehead atoms. The van der Waals surface area contributed by atoms with Crippen molar-refractivity contribution in [2.75, 3.05) is 32.7 Å². The minimum absolute atomic E-state index is 0.0143. The van der Waals surface area contributed by atoms with E-state index in [0.717, 1.165) is 43.7 Å². The van der Waals surface area contributed by atoms with Crippen LogP contribution in [0.5, 0.6) is 0 Å². The summed E-state index contributed by atoms with van der Waals surface area (Å²) in [5.74, 6) is 0.126. The van der Waals surface area contributed by atoms with E-state index < -0.39 is 0 Å². The molecule has 0 unspecified atom stereocenters. The van der Waals surface area contributed by atoms with Gasteiger partial charge in [0.15, 0.2) is 0 Å². The highest BCUT2D eigenvalue weighted by Crippen LogP contribution is 2.23. The second-order valence-electron chi connectivity index (χ2n) is 8.39. The van der Waals surface area contributed by atoms with Gasteiger partial charge in [-0.2, -0.15) is 0 Å². The van der Waals surface area contributed by atoms with Crippen LogP contribution in [-0.2, 0) is 13.0 Å². The van der Waals surface area contributed by atoms with Gasteiger partial charge >= 0.3 is 0 Å². The predicted octanol–water partition coefficient (Wildman–Crippen LogP) is 3.70. The summed E-state index contributed by atoms with van der Waals surface area (Å²) in [5.41, 5.74) is 3.69. The van der Waals surface area contributed by atoms with Gasteiger partial charge in [-0.05, 0) is 67.8 Å². The van der Waals surface area contributed by atoms with Gasteiger partial charge in [0, 0.05) is 61.5 Å². The Kier molecular flexibility index (Phi) is 6.11. The average molecular weight is 426 g/mol. The third-order valence-corrected chi connectivity index (χ3v) is 6.43. The predicted molar refractivity (Wildman–Crippen MR) is 119 cm³/mol. The maximum atomic E-state index is 13.0. The quantitative estimate of drug-likeness (QED) is 0.753. The number of amides is 2. The first kappa shape index (κ1) is 20.9. The Morgan fingerprint density at radius 1 is 0.800 bits per heavy atom. The summed E-state index contributed by atoms with van der Waals surface area (Å²) in [5, 5.41) is 0.623. The van der Waals surface area contributed by atoms with Gasteiger partial charge in [0.05, 0.1) is 0 Å². The van der Waals surface area contributed by atoms with Gasteiger partial charge in [-0.1, -0.05) is 17.7 Å². The number of fused-ring (bicyclic) bond motifs is 1. The van der Waals surface area contributed by atoms with Crippen LogP contribution >= 0.6 is 11.6 Å². The molecule has 0 aliphatic carbocycles. The fraction of sp³-hybridized carbons (Fsp3) is 0.417. The topological polar surface area (TPSA) is 43.9 Å². The zero-order valence-corrected chi connectivity index (χ0v) is 18.4. The zero-order valence-electron chi connectivity index (χ0n) is 17.6. The van der Waals surface area contributed by atoms with Crippen molar-refractivity contribution in [3.63, 3.8) is 0 Å². The van der Waals surface area contributed by atoms with E-state index in [9.17, 15) is 9.59 Å². The molecule has 2 aromatic carbocycles. The highest BCUT2D eigenvalue weighted by molar-refractivity contribution is 6.30. The Morgan fingerprint density at radius 2 is 1.43 bits per heavy atom. The monoisotopic (exact) mass is 425 g/mol. The molecule has 1 saturated heterocycles. The van der Waals surface area contributed by atoms with Crippen molar-refractivity contribution in [2.24, 2.45) is 0 Å². The second kappa shape index (κ2) is 8.78. The maximum Gasteiger partial charge on any atom is 0.254 e. The SMILES string of the molecule is CC(C)N1CCN(C(=O)c2ccc3c(c2)CCN(C(=O)c2ccc(Cl)cc2)C3)CC1. The Morgan fingerprint density at radius 3 is 2.10 bits per heavy atom. The number of piperazine rings is 1. The maximum absolute atomic E-state index is 13.0. The van der Waals surface area contributed by atoms with Crippen molar-refractivity contribution < 1.29 is 9.59 Å². The smallest absolute Gasteiger partial charge is 0.254 e. The van der Waals surface area contributed by atoms with Crippen LogP contribution in [0, 0.1) is 0 Å². The summed E-state index contributed by atoms with van der Waals surface area (Å²) in [7, 11) is 0. The number of carbonyl (C=O) groups is 2. The van der Waals surface area contributed by atoms with Crippen molar-refractivity contribution in [3.05, 3.63) is 69.7 Å². The van der Waals surface area contributed by atoms with Crippen LogP contribution in [-0.4, -0.2) is 65.3 Å². The van der Waals surface area contributed by atoms with Crippen LogP contribution in [0.3, 0.4) is 0 Å². The molecule has 158 valence electrons. The fourth-order valence-electron chi connectivity index (χ4n) is 4.26. The molecule has 2 heterocycles. The third kappa shape index (κ3) is 4.37. The molecule has 0 saturated carbocycles. The van der Waals surface area contributed by atoms with Crippen LogP contribution in [0.15, 0.2) is 42.5 Å². The molecule has 2 amide bonds. The summed E-state index contributed by atoms with van der Waals surface area (Å²) in [4.78, 5) is 32.0. The number of carbonyl (C=O) groups excluding carboxylic acids is 2. The van der Waals surface area contributed by atoms with E-state index >= 15 is 0 Å². The van der Waals surface area contributed by atoms with Gasteiger partial charge in [0.25, 0.3) is 11.8 Å². The van der Waals surface area contributed by atoms with E-state index in [-0.39, 0.29) is 11.8 Å². The van der Waals surface area contributed by atoms with Gasteiger partial charge in [0.2, 0.25) is 0 Å². The van der Waals surface area contributed by atoms with Crippen LogP contribution < -0.4 is 0 Å². The standard InChI is InChI=1S/C24H28ClN3O2/c1-17(2)26-11-13-27(14-12-26)24(30)20-3-4-21-16-28(10-9-19(21)15-20)23(29)18-5-7-22(25)8-6-18/h3-8,15,17H,9-14,16H2,1-2H3. The van der Waals surface area contributed by atoms with Gasteiger partial charge in [-0.3, -0.25) is 14.5 Å². The van der Waals surface area contributed by atoms with Crippen molar-refractivity contribution in [3.8, 4) is 0 Å². The number of halogens is 1. The number of rotatable bonds is 3. The summed E-state index contributed by atoms with van der Waals surface area (Å²) >= 11 is 5.93. The fourth-order valence-corrected chi connectivity index (χ4v) is 4.38. The van der Waals surface area contributed by atoms with E-state index in [1.54, 1.807) is 24.3 Å². The first-order valence-corrected chi connectivity index (χ1v) is 11.0. The van der Waals surface area contributed by atoms with Crippen molar-refractivity contribution >= 4 is 23.4 Å². The molecule has 0 aromatic heterocycles. The number of nitrogens with zero attached hydrogens (tertiary/aromatic N) is 3. The minimum atomic E-state index is 0.0143. The van der Waals surface area contributed by atoms with Gasteiger partial charge in [-0.25, -0.2) is 0 Å². The molecule has 2 aromatic rings. The minimum Gasteiger partial charge on any atom is -0.336 e. The normalized spacial score (nSPS) is 17.2. The molecule has 0 N–H and O–H groups in total. The van der Waals surface area contributed by atoms with Gasteiger partial charge < -0.3 is 9.80 Å². The molecule has 0 radical (unpaired) electrons. The van der Waals surface area contributed by atoms with E-state index in [1.807, 2.05) is 28.0 Å².